The van der Waals surface area contributed by atoms with Gasteiger partial charge >= 0.3 is 0 Å². The van der Waals surface area contributed by atoms with Crippen LogP contribution >= 0.6 is 0 Å². The molecule has 1 heterocycles. The van der Waals surface area contributed by atoms with Gasteiger partial charge in [-0.2, -0.15) is 4.98 Å². The summed E-state index contributed by atoms with van der Waals surface area (Å²) >= 11 is 0. The molecule has 2 aromatic rings. The summed E-state index contributed by atoms with van der Waals surface area (Å²) in [4.78, 5) is 11.5. The number of nitrogens with zero attached hydrogens (tertiary/aromatic N) is 3. The van der Waals surface area contributed by atoms with Gasteiger partial charge < -0.3 is 15.5 Å². The zero-order valence-corrected chi connectivity index (χ0v) is 13.2. The van der Waals surface area contributed by atoms with E-state index < -0.39 is 0 Å². The molecular formula is C16H25N5. The predicted octanol–water partition coefficient (Wildman–Crippen LogP) is 2.82. The molecule has 0 aliphatic heterocycles. The lowest BCUT2D eigenvalue weighted by Crippen LogP contribution is -2.28. The molecule has 114 valence electrons. The van der Waals surface area contributed by atoms with Gasteiger partial charge in [0.1, 0.15) is 5.82 Å². The maximum absolute atomic E-state index is 4.59. The Labute approximate surface area is 126 Å². The zero-order chi connectivity index (χ0) is 15.1. The maximum Gasteiger partial charge on any atom is 0.225 e. The van der Waals surface area contributed by atoms with Crippen molar-refractivity contribution in [1.82, 2.24) is 14.9 Å². The molecule has 1 aromatic heterocycles. The molecule has 2 N–H and O–H groups in total. The zero-order valence-electron chi connectivity index (χ0n) is 13.2. The molecule has 0 aliphatic carbocycles. The summed E-state index contributed by atoms with van der Waals surface area (Å²) in [7, 11) is 0. The number of aromatic nitrogens is 2. The van der Waals surface area contributed by atoms with Gasteiger partial charge in [0, 0.05) is 25.0 Å². The van der Waals surface area contributed by atoms with Gasteiger partial charge in [0.2, 0.25) is 5.95 Å². The monoisotopic (exact) mass is 287 g/mol. The third-order valence-electron chi connectivity index (χ3n) is 3.55. The summed E-state index contributed by atoms with van der Waals surface area (Å²) in [5.41, 5.74) is 0.966. The Kier molecular flexibility index (Phi) is 5.75. The molecule has 0 atom stereocenters. The van der Waals surface area contributed by atoms with E-state index in [1.165, 1.54) is 0 Å². The van der Waals surface area contributed by atoms with Gasteiger partial charge in [-0.1, -0.05) is 26.0 Å². The van der Waals surface area contributed by atoms with Crippen LogP contribution < -0.4 is 10.6 Å². The first-order valence-corrected chi connectivity index (χ1v) is 7.75. The minimum atomic E-state index is 0.682. The van der Waals surface area contributed by atoms with Crippen LogP contribution in [0.4, 0.5) is 11.8 Å². The molecule has 0 radical (unpaired) electrons. The van der Waals surface area contributed by atoms with E-state index in [0.717, 1.165) is 49.4 Å². The average Bonchev–Trinajstić information content (AvgIpc) is 2.52. The molecule has 0 aliphatic rings. The van der Waals surface area contributed by atoms with E-state index in [1.807, 2.05) is 25.1 Å². The maximum atomic E-state index is 4.59. The lowest BCUT2D eigenvalue weighted by atomic mass is 10.2. The predicted molar refractivity (Wildman–Crippen MR) is 90.0 cm³/mol. The van der Waals surface area contributed by atoms with Crippen LogP contribution in [0, 0.1) is 0 Å². The van der Waals surface area contributed by atoms with Crippen LogP contribution in [0.15, 0.2) is 24.3 Å². The van der Waals surface area contributed by atoms with Crippen LogP contribution in [0.5, 0.6) is 0 Å². The van der Waals surface area contributed by atoms with Crippen LogP contribution in [0.25, 0.3) is 10.9 Å². The van der Waals surface area contributed by atoms with Crippen LogP contribution in [0.2, 0.25) is 0 Å². The van der Waals surface area contributed by atoms with Gasteiger partial charge in [0.15, 0.2) is 0 Å². The quantitative estimate of drug-likeness (QED) is 0.782. The number of likely N-dealkylation sites (N-methyl/N-ethyl adjacent to an activating group) is 1. The van der Waals surface area contributed by atoms with Crippen molar-refractivity contribution in [2.75, 3.05) is 43.4 Å². The molecule has 5 heteroatoms. The number of hydrogen-bond donors (Lipinski definition) is 2. The van der Waals surface area contributed by atoms with Crippen LogP contribution in [0.3, 0.4) is 0 Å². The lowest BCUT2D eigenvalue weighted by molar-refractivity contribution is 0.316. The number of rotatable bonds is 8. The van der Waals surface area contributed by atoms with E-state index >= 15 is 0 Å². The summed E-state index contributed by atoms with van der Waals surface area (Å²) in [6.07, 6.45) is 0. The number of nitrogens with one attached hydrogen (secondary N) is 2. The first kappa shape index (κ1) is 15.5. The highest BCUT2D eigenvalue weighted by atomic mass is 15.2. The van der Waals surface area contributed by atoms with Gasteiger partial charge in [-0.05, 0) is 32.1 Å². The van der Waals surface area contributed by atoms with Crippen molar-refractivity contribution >= 4 is 22.7 Å². The Hall–Kier alpha value is -1.88. The van der Waals surface area contributed by atoms with Crippen molar-refractivity contribution in [3.05, 3.63) is 24.3 Å². The van der Waals surface area contributed by atoms with Gasteiger partial charge in [0.25, 0.3) is 0 Å². The highest BCUT2D eigenvalue weighted by Crippen LogP contribution is 2.21. The van der Waals surface area contributed by atoms with Gasteiger partial charge in [0.05, 0.1) is 5.52 Å². The number of benzene rings is 1. The Morgan fingerprint density at radius 1 is 1.00 bits per heavy atom. The molecule has 0 bridgehead atoms. The molecule has 0 spiro atoms. The summed E-state index contributed by atoms with van der Waals surface area (Å²) in [6, 6.07) is 8.11. The second kappa shape index (κ2) is 7.78. The smallest absolute Gasteiger partial charge is 0.225 e. The van der Waals surface area contributed by atoms with Crippen molar-refractivity contribution in [2.45, 2.75) is 20.8 Å². The van der Waals surface area contributed by atoms with Crippen LogP contribution in [0.1, 0.15) is 20.8 Å². The fourth-order valence-corrected chi connectivity index (χ4v) is 2.32. The van der Waals surface area contributed by atoms with E-state index in [2.05, 4.69) is 45.4 Å². The average molecular weight is 287 g/mol. The van der Waals surface area contributed by atoms with Crippen molar-refractivity contribution in [2.24, 2.45) is 0 Å². The van der Waals surface area contributed by atoms with E-state index in [0.29, 0.717) is 5.95 Å². The Balaban J connectivity index is 2.16. The normalized spacial score (nSPS) is 11.0. The molecule has 0 saturated heterocycles. The molecule has 0 saturated carbocycles. The topological polar surface area (TPSA) is 53.1 Å². The summed E-state index contributed by atoms with van der Waals surface area (Å²) in [5, 5.41) is 7.71. The third kappa shape index (κ3) is 4.04. The standard InChI is InChI=1S/C16H25N5/c1-4-17-16-19-14-10-8-7-9-13(14)15(20-16)18-11-12-21(5-2)6-3/h7-10H,4-6,11-12H2,1-3H3,(H2,17,18,19,20). The van der Waals surface area contributed by atoms with Crippen LogP contribution in [-0.4, -0.2) is 47.6 Å². The Morgan fingerprint density at radius 2 is 1.76 bits per heavy atom. The number of anilines is 2. The fourth-order valence-electron chi connectivity index (χ4n) is 2.32. The highest BCUT2D eigenvalue weighted by Gasteiger charge is 2.07. The highest BCUT2D eigenvalue weighted by molar-refractivity contribution is 5.89. The second-order valence-corrected chi connectivity index (χ2v) is 4.90. The molecule has 21 heavy (non-hydrogen) atoms. The minimum Gasteiger partial charge on any atom is -0.368 e. The molecule has 0 unspecified atom stereocenters. The van der Waals surface area contributed by atoms with Crippen molar-refractivity contribution in [3.63, 3.8) is 0 Å². The number of para-hydroxylation sites is 1. The number of hydrogen-bond acceptors (Lipinski definition) is 5. The van der Waals surface area contributed by atoms with Gasteiger partial charge in [-0.3, -0.25) is 0 Å². The second-order valence-electron chi connectivity index (χ2n) is 4.90. The van der Waals surface area contributed by atoms with Crippen molar-refractivity contribution in [3.8, 4) is 0 Å². The molecule has 5 nitrogen and oxygen atoms in total. The number of fused-ring (bicyclic) bond motifs is 1. The van der Waals surface area contributed by atoms with Crippen molar-refractivity contribution in [1.29, 1.82) is 0 Å². The Bertz CT molecular complexity index is 566. The van der Waals surface area contributed by atoms with E-state index in [1.54, 1.807) is 0 Å². The molecule has 0 fully saturated rings. The van der Waals surface area contributed by atoms with Crippen molar-refractivity contribution < 1.29 is 0 Å². The summed E-state index contributed by atoms with van der Waals surface area (Å²) in [6.45, 7) is 11.3. The summed E-state index contributed by atoms with van der Waals surface area (Å²) < 4.78 is 0. The minimum absolute atomic E-state index is 0.682. The molecule has 1 aromatic carbocycles. The summed E-state index contributed by atoms with van der Waals surface area (Å²) in [5.74, 6) is 1.59. The van der Waals surface area contributed by atoms with Gasteiger partial charge in [-0.25, -0.2) is 4.98 Å². The lowest BCUT2D eigenvalue weighted by Gasteiger charge is -2.18. The SMILES string of the molecule is CCNc1nc(NCCN(CC)CC)c2ccccc2n1. The molecule has 0 amide bonds. The molecular weight excluding hydrogens is 262 g/mol. The van der Waals surface area contributed by atoms with E-state index in [9.17, 15) is 0 Å². The van der Waals surface area contributed by atoms with E-state index in [4.69, 9.17) is 0 Å². The molecule has 2 rings (SSSR count). The first-order chi connectivity index (χ1) is 10.3. The van der Waals surface area contributed by atoms with E-state index in [-0.39, 0.29) is 0 Å². The fraction of sp³-hybridized carbons (Fsp3) is 0.500. The van der Waals surface area contributed by atoms with Crippen LogP contribution in [-0.2, 0) is 0 Å². The largest absolute Gasteiger partial charge is 0.368 e. The Morgan fingerprint density at radius 3 is 2.48 bits per heavy atom. The third-order valence-corrected chi connectivity index (χ3v) is 3.55. The first-order valence-electron chi connectivity index (χ1n) is 7.75. The van der Waals surface area contributed by atoms with Gasteiger partial charge in [-0.15, -0.1) is 0 Å².